The van der Waals surface area contributed by atoms with Gasteiger partial charge in [0.2, 0.25) is 23.6 Å². The van der Waals surface area contributed by atoms with E-state index in [1.807, 2.05) is 37.3 Å². The highest BCUT2D eigenvalue weighted by Crippen LogP contribution is 2.33. The topological polar surface area (TPSA) is 117 Å². The van der Waals surface area contributed by atoms with Gasteiger partial charge in [0.25, 0.3) is 5.95 Å². The minimum Gasteiger partial charge on any atom is -0.479 e. The van der Waals surface area contributed by atoms with Crippen molar-refractivity contribution in [1.82, 2.24) is 9.97 Å². The summed E-state index contributed by atoms with van der Waals surface area (Å²) >= 11 is 0. The van der Waals surface area contributed by atoms with Crippen LogP contribution in [-0.2, 0) is 22.6 Å². The molecular weight excluding hydrogens is 552 g/mol. The molecule has 0 spiro atoms. The molecular formula is C31H38N4O6Si. The summed E-state index contributed by atoms with van der Waals surface area (Å²) < 4.78 is 28.4. The first kappa shape index (κ1) is 30.6. The van der Waals surface area contributed by atoms with Crippen molar-refractivity contribution in [3.63, 3.8) is 0 Å². The van der Waals surface area contributed by atoms with Crippen molar-refractivity contribution in [2.24, 2.45) is 0 Å². The Morgan fingerprint density at radius 3 is 2.33 bits per heavy atom. The molecule has 11 heteroatoms. The molecule has 1 amide bonds. The first-order valence-electron chi connectivity index (χ1n) is 13.7. The maximum atomic E-state index is 12.9. The molecule has 4 rings (SSSR count). The van der Waals surface area contributed by atoms with Gasteiger partial charge >= 0.3 is 0 Å². The molecule has 2 N–H and O–H groups in total. The molecule has 0 aliphatic rings. The lowest BCUT2D eigenvalue weighted by atomic mass is 10.2. The van der Waals surface area contributed by atoms with E-state index in [9.17, 15) is 4.79 Å². The van der Waals surface area contributed by atoms with Gasteiger partial charge in [0.05, 0.1) is 41.9 Å². The van der Waals surface area contributed by atoms with Gasteiger partial charge in [-0.15, -0.1) is 0 Å². The summed E-state index contributed by atoms with van der Waals surface area (Å²) in [6.45, 7) is 10.3. The minimum absolute atomic E-state index is 0.0393. The average Bonchev–Trinajstić information content (AvgIpc) is 3.40. The number of hydrogen-bond acceptors (Lipinski definition) is 9. The van der Waals surface area contributed by atoms with Crippen LogP contribution in [0.2, 0.25) is 19.6 Å². The highest BCUT2D eigenvalue weighted by Gasteiger charge is 2.21. The number of furan rings is 1. The standard InChI is InChI=1S/C31H38N4O6Si/c1-21-12-14-24(42(4,5)6)19-25(21)41-27-15-13-23(40-27)18-26(36)33-28-29(37-2)34-31(35-30(28)38-3)32-16-17-39-20-22-10-8-7-9-11-22/h7-15,19H,16-18,20H2,1-6H3,(H,33,36)(H,32,34,35). The molecule has 2 aromatic carbocycles. The van der Waals surface area contributed by atoms with Crippen LogP contribution in [0.1, 0.15) is 16.9 Å². The van der Waals surface area contributed by atoms with Crippen LogP contribution in [0, 0.1) is 6.92 Å². The van der Waals surface area contributed by atoms with Crippen molar-refractivity contribution in [2.75, 3.05) is 38.0 Å². The summed E-state index contributed by atoms with van der Waals surface area (Å²) in [5.41, 5.74) is 2.32. The van der Waals surface area contributed by atoms with Gasteiger partial charge in [-0.1, -0.05) is 67.3 Å². The van der Waals surface area contributed by atoms with Gasteiger partial charge < -0.3 is 34.0 Å². The SMILES string of the molecule is COc1nc(NCCOCc2ccccc2)nc(OC)c1NC(=O)Cc1ccc(Oc2cc([Si](C)(C)C)ccc2C)o1. The van der Waals surface area contributed by atoms with E-state index in [0.29, 0.717) is 31.5 Å². The maximum Gasteiger partial charge on any atom is 0.290 e. The molecule has 0 saturated heterocycles. The fourth-order valence-electron chi connectivity index (χ4n) is 4.04. The Kier molecular flexibility index (Phi) is 10.2. The number of carbonyl (C=O) groups is 1. The molecule has 0 aliphatic carbocycles. The van der Waals surface area contributed by atoms with E-state index in [0.717, 1.165) is 16.9 Å². The number of aryl methyl sites for hydroxylation is 1. The molecule has 10 nitrogen and oxygen atoms in total. The Morgan fingerprint density at radius 2 is 1.67 bits per heavy atom. The van der Waals surface area contributed by atoms with Crippen LogP contribution >= 0.6 is 0 Å². The number of amides is 1. The lowest BCUT2D eigenvalue weighted by Gasteiger charge is -2.18. The number of carbonyl (C=O) groups excluding carboxylic acids is 1. The normalized spacial score (nSPS) is 11.2. The average molecular weight is 591 g/mol. The summed E-state index contributed by atoms with van der Waals surface area (Å²) in [6, 6.07) is 19.6. The lowest BCUT2D eigenvalue weighted by Crippen LogP contribution is -2.37. The van der Waals surface area contributed by atoms with Gasteiger partial charge in [-0.2, -0.15) is 9.97 Å². The van der Waals surface area contributed by atoms with Gasteiger partial charge in [0, 0.05) is 12.6 Å². The molecule has 2 aromatic heterocycles. The fraction of sp³-hybridized carbons (Fsp3) is 0.323. The third-order valence-corrected chi connectivity index (χ3v) is 8.41. The third-order valence-electron chi connectivity index (χ3n) is 6.37. The van der Waals surface area contributed by atoms with Crippen LogP contribution in [0.5, 0.6) is 23.5 Å². The van der Waals surface area contributed by atoms with Crippen molar-refractivity contribution >= 4 is 30.8 Å². The second-order valence-corrected chi connectivity index (χ2v) is 15.8. The zero-order valence-electron chi connectivity index (χ0n) is 24.9. The Morgan fingerprint density at radius 1 is 0.952 bits per heavy atom. The van der Waals surface area contributed by atoms with Crippen molar-refractivity contribution in [1.29, 1.82) is 0 Å². The molecule has 0 saturated carbocycles. The van der Waals surface area contributed by atoms with Crippen molar-refractivity contribution in [3.8, 4) is 23.5 Å². The van der Waals surface area contributed by atoms with E-state index in [1.54, 1.807) is 12.1 Å². The molecule has 42 heavy (non-hydrogen) atoms. The lowest BCUT2D eigenvalue weighted by molar-refractivity contribution is -0.115. The number of benzene rings is 2. The third kappa shape index (κ3) is 8.34. The van der Waals surface area contributed by atoms with E-state index < -0.39 is 8.07 Å². The van der Waals surface area contributed by atoms with Crippen LogP contribution in [0.4, 0.5) is 11.6 Å². The van der Waals surface area contributed by atoms with E-state index in [4.69, 9.17) is 23.4 Å². The van der Waals surface area contributed by atoms with Crippen LogP contribution < -0.4 is 30.0 Å². The molecule has 0 unspecified atom stereocenters. The number of hydrogen-bond donors (Lipinski definition) is 2. The minimum atomic E-state index is -1.50. The van der Waals surface area contributed by atoms with Gasteiger partial charge in [0.1, 0.15) is 11.5 Å². The Hall–Kier alpha value is -4.35. The Bertz CT molecular complexity index is 1460. The quantitative estimate of drug-likeness (QED) is 0.144. The number of ether oxygens (including phenoxy) is 4. The van der Waals surface area contributed by atoms with E-state index >= 15 is 0 Å². The summed E-state index contributed by atoms with van der Waals surface area (Å²) in [4.78, 5) is 21.7. The summed E-state index contributed by atoms with van der Waals surface area (Å²) in [5.74, 6) is 1.73. The molecule has 0 bridgehead atoms. The predicted octanol–water partition coefficient (Wildman–Crippen LogP) is 5.54. The molecule has 0 atom stereocenters. The van der Waals surface area contributed by atoms with Crippen LogP contribution in [-0.4, -0.2) is 51.3 Å². The number of aromatic nitrogens is 2. The first-order chi connectivity index (χ1) is 20.2. The number of nitrogens with zero attached hydrogens (tertiary/aromatic N) is 2. The Labute approximate surface area is 247 Å². The predicted molar refractivity (Wildman–Crippen MR) is 165 cm³/mol. The highest BCUT2D eigenvalue weighted by atomic mass is 28.3. The smallest absolute Gasteiger partial charge is 0.290 e. The number of nitrogens with one attached hydrogen (secondary N) is 2. The second-order valence-electron chi connectivity index (χ2n) is 10.7. The van der Waals surface area contributed by atoms with E-state index in [2.05, 4.69) is 58.4 Å². The molecule has 222 valence electrons. The monoisotopic (exact) mass is 590 g/mol. The van der Waals surface area contributed by atoms with Crippen LogP contribution in [0.15, 0.2) is 65.1 Å². The van der Waals surface area contributed by atoms with Crippen LogP contribution in [0.25, 0.3) is 0 Å². The number of anilines is 2. The molecule has 0 aliphatic heterocycles. The van der Waals surface area contributed by atoms with Crippen molar-refractivity contribution in [2.45, 2.75) is 39.6 Å². The molecule has 0 radical (unpaired) electrons. The zero-order valence-corrected chi connectivity index (χ0v) is 25.9. The molecule has 4 aromatic rings. The summed E-state index contributed by atoms with van der Waals surface area (Å²) in [7, 11) is 1.41. The molecule has 0 fully saturated rings. The maximum absolute atomic E-state index is 12.9. The summed E-state index contributed by atoms with van der Waals surface area (Å²) in [5, 5.41) is 7.16. The molecule has 2 heterocycles. The van der Waals surface area contributed by atoms with Crippen molar-refractivity contribution in [3.05, 3.63) is 77.6 Å². The second kappa shape index (κ2) is 14.0. The van der Waals surface area contributed by atoms with Crippen molar-refractivity contribution < 1.29 is 28.2 Å². The number of methoxy groups -OCH3 is 2. The zero-order chi connectivity index (χ0) is 30.1. The summed E-state index contributed by atoms with van der Waals surface area (Å²) in [6.07, 6.45) is -0.0393. The van der Waals surface area contributed by atoms with Gasteiger partial charge in [-0.3, -0.25) is 4.79 Å². The fourth-order valence-corrected chi connectivity index (χ4v) is 5.18. The largest absolute Gasteiger partial charge is 0.479 e. The van der Waals surface area contributed by atoms with Gasteiger partial charge in [-0.05, 0) is 30.2 Å². The Balaban J connectivity index is 1.35. The first-order valence-corrected chi connectivity index (χ1v) is 17.2. The van der Waals surface area contributed by atoms with E-state index in [-0.39, 0.29) is 35.7 Å². The van der Waals surface area contributed by atoms with Crippen LogP contribution in [0.3, 0.4) is 0 Å². The van der Waals surface area contributed by atoms with Gasteiger partial charge in [0.15, 0.2) is 5.69 Å². The number of rotatable bonds is 14. The van der Waals surface area contributed by atoms with E-state index in [1.165, 1.54) is 19.4 Å². The van der Waals surface area contributed by atoms with Gasteiger partial charge in [-0.25, -0.2) is 0 Å². The highest BCUT2D eigenvalue weighted by molar-refractivity contribution is 6.88.